The van der Waals surface area contributed by atoms with Crippen molar-refractivity contribution in [2.24, 2.45) is 0 Å². The van der Waals surface area contributed by atoms with E-state index in [-0.39, 0.29) is 0 Å². The Bertz CT molecular complexity index is 2500. The third-order valence-electron chi connectivity index (χ3n) is 8.20. The van der Waals surface area contributed by atoms with Crippen LogP contribution in [-0.4, -0.2) is 19.1 Å². The van der Waals surface area contributed by atoms with Gasteiger partial charge in [0, 0.05) is 27.2 Å². The molecule has 0 fully saturated rings. The molecule has 0 atom stereocenters. The van der Waals surface area contributed by atoms with Gasteiger partial charge in [-0.25, -0.2) is 9.97 Å². The van der Waals surface area contributed by atoms with Gasteiger partial charge in [-0.15, -0.1) is 0 Å². The van der Waals surface area contributed by atoms with Gasteiger partial charge in [0.05, 0.1) is 33.1 Å². The smallest absolute Gasteiger partial charge is 0.176 e. The van der Waals surface area contributed by atoms with E-state index < -0.39 is 0 Å². The number of para-hydroxylation sites is 4. The summed E-state index contributed by atoms with van der Waals surface area (Å²) in [4.78, 5) is 9.64. The van der Waals surface area contributed by atoms with Crippen molar-refractivity contribution in [1.29, 1.82) is 0 Å². The molecule has 3 heterocycles. The molecule has 6 aromatic carbocycles. The van der Waals surface area contributed by atoms with Gasteiger partial charge in [0.2, 0.25) is 0 Å². The highest BCUT2D eigenvalue weighted by atomic mass is 35.5. The van der Waals surface area contributed by atoms with Crippen LogP contribution in [-0.2, 0) is 0 Å². The Morgan fingerprint density at radius 3 is 1.90 bits per heavy atom. The van der Waals surface area contributed by atoms with Crippen LogP contribution in [0.4, 0.5) is 0 Å². The van der Waals surface area contributed by atoms with E-state index in [1.165, 1.54) is 32.6 Å². The fraction of sp³-hybridized carbons (Fsp3) is 0. The van der Waals surface area contributed by atoms with E-state index in [4.69, 9.17) is 16.6 Å². The minimum Gasteiger partial charge on any atom is -0.309 e. The summed E-state index contributed by atoms with van der Waals surface area (Å²) >= 11 is 6.79. The van der Waals surface area contributed by atoms with Gasteiger partial charge in [0.1, 0.15) is 0 Å². The number of halogens is 1. The number of hydrogen-bond donors (Lipinski definition) is 0. The Labute approximate surface area is 239 Å². The monoisotopic (exact) mass is 544 g/mol. The van der Waals surface area contributed by atoms with Crippen LogP contribution in [0.25, 0.3) is 76.9 Å². The maximum absolute atomic E-state index is 6.79. The Morgan fingerprint density at radius 1 is 0.463 bits per heavy atom. The molecule has 0 saturated carbocycles. The van der Waals surface area contributed by atoms with Crippen LogP contribution in [0.15, 0.2) is 127 Å². The van der Waals surface area contributed by atoms with E-state index in [9.17, 15) is 0 Å². The molecule has 5 heteroatoms. The minimum absolute atomic E-state index is 0.379. The van der Waals surface area contributed by atoms with Crippen LogP contribution < -0.4 is 0 Å². The summed E-state index contributed by atoms with van der Waals surface area (Å²) in [6.45, 7) is 0. The SMILES string of the molecule is Clc1nc2ccccc2nc1-n1c2ccccc2c2cc(-n3c4ccccc4c4c5ccccc5ccc43)ccc21. The van der Waals surface area contributed by atoms with E-state index in [1.807, 2.05) is 24.3 Å². The van der Waals surface area contributed by atoms with Gasteiger partial charge in [-0.2, -0.15) is 0 Å². The molecule has 9 aromatic rings. The van der Waals surface area contributed by atoms with Crippen LogP contribution in [0, 0.1) is 0 Å². The Morgan fingerprint density at radius 2 is 1.07 bits per heavy atom. The summed E-state index contributed by atoms with van der Waals surface area (Å²) in [6.07, 6.45) is 0. The highest BCUT2D eigenvalue weighted by Gasteiger charge is 2.19. The lowest BCUT2D eigenvalue weighted by Crippen LogP contribution is -2.01. The molecule has 0 aliphatic carbocycles. The molecule has 0 spiro atoms. The quantitative estimate of drug-likeness (QED) is 0.217. The van der Waals surface area contributed by atoms with E-state index in [0.717, 1.165) is 38.5 Å². The van der Waals surface area contributed by atoms with Crippen molar-refractivity contribution < 1.29 is 0 Å². The first-order chi connectivity index (χ1) is 20.3. The fourth-order valence-electron chi connectivity index (χ4n) is 6.46. The third kappa shape index (κ3) is 3.17. The van der Waals surface area contributed by atoms with Gasteiger partial charge in [-0.3, -0.25) is 4.57 Å². The second kappa shape index (κ2) is 8.40. The molecule has 0 saturated heterocycles. The number of nitrogens with zero attached hydrogens (tertiary/aromatic N) is 4. The first-order valence-corrected chi connectivity index (χ1v) is 14.0. The maximum atomic E-state index is 6.79. The molecule has 0 aliphatic rings. The lowest BCUT2D eigenvalue weighted by atomic mass is 10.0. The summed E-state index contributed by atoms with van der Waals surface area (Å²) in [7, 11) is 0. The molecule has 192 valence electrons. The van der Waals surface area contributed by atoms with Crippen LogP contribution in [0.1, 0.15) is 0 Å². The largest absolute Gasteiger partial charge is 0.309 e. The van der Waals surface area contributed by atoms with Crippen molar-refractivity contribution in [3.63, 3.8) is 0 Å². The van der Waals surface area contributed by atoms with Gasteiger partial charge in [0.25, 0.3) is 0 Å². The van der Waals surface area contributed by atoms with E-state index in [0.29, 0.717) is 11.0 Å². The standard InChI is InChI=1S/C36H21ClN4/c37-35-36(39-29-14-6-5-13-28(29)38-35)41-30-15-7-3-11-25(30)27-21-23(18-20-32(27)41)40-31-16-8-4-12-26(31)34-24-10-2-1-9-22(24)17-19-33(34)40/h1-21H. The Hall–Kier alpha value is -5.19. The highest BCUT2D eigenvalue weighted by molar-refractivity contribution is 6.31. The zero-order chi connectivity index (χ0) is 27.1. The molecular weight excluding hydrogens is 524 g/mol. The zero-order valence-electron chi connectivity index (χ0n) is 21.8. The molecule has 0 radical (unpaired) electrons. The molecule has 4 nitrogen and oxygen atoms in total. The van der Waals surface area contributed by atoms with Crippen molar-refractivity contribution in [3.05, 3.63) is 133 Å². The second-order valence-corrected chi connectivity index (χ2v) is 10.8. The Balaban J connectivity index is 1.37. The molecule has 9 rings (SSSR count). The van der Waals surface area contributed by atoms with Crippen LogP contribution >= 0.6 is 11.6 Å². The van der Waals surface area contributed by atoms with Gasteiger partial charge in [-0.05, 0) is 59.3 Å². The lowest BCUT2D eigenvalue weighted by Gasteiger charge is -2.11. The number of aromatic nitrogens is 4. The first kappa shape index (κ1) is 22.6. The van der Waals surface area contributed by atoms with E-state index in [2.05, 4.69) is 117 Å². The molecular formula is C36H21ClN4. The van der Waals surface area contributed by atoms with Crippen molar-refractivity contribution >= 4 is 77.0 Å². The number of fused-ring (bicyclic) bond motifs is 9. The van der Waals surface area contributed by atoms with E-state index in [1.54, 1.807) is 0 Å². The number of rotatable bonds is 2. The lowest BCUT2D eigenvalue weighted by molar-refractivity contribution is 1.07. The minimum atomic E-state index is 0.379. The summed E-state index contributed by atoms with van der Waals surface area (Å²) in [5, 5.41) is 7.69. The summed E-state index contributed by atoms with van der Waals surface area (Å²) in [6, 6.07) is 44.7. The number of benzene rings is 6. The van der Waals surface area contributed by atoms with Gasteiger partial charge in [-0.1, -0.05) is 90.5 Å². The predicted molar refractivity (Wildman–Crippen MR) is 171 cm³/mol. The molecule has 0 unspecified atom stereocenters. The van der Waals surface area contributed by atoms with Crippen molar-refractivity contribution in [3.8, 4) is 11.5 Å². The average molecular weight is 545 g/mol. The van der Waals surface area contributed by atoms with E-state index >= 15 is 0 Å². The maximum Gasteiger partial charge on any atom is 0.176 e. The highest BCUT2D eigenvalue weighted by Crippen LogP contribution is 2.39. The first-order valence-electron chi connectivity index (χ1n) is 13.6. The predicted octanol–water partition coefficient (Wildman–Crippen LogP) is 9.63. The third-order valence-corrected chi connectivity index (χ3v) is 8.45. The number of hydrogen-bond acceptors (Lipinski definition) is 2. The van der Waals surface area contributed by atoms with Gasteiger partial charge >= 0.3 is 0 Å². The molecule has 3 aromatic heterocycles. The van der Waals surface area contributed by atoms with Crippen molar-refractivity contribution in [1.82, 2.24) is 19.1 Å². The molecule has 0 amide bonds. The topological polar surface area (TPSA) is 35.6 Å². The summed E-state index contributed by atoms with van der Waals surface area (Å²) in [5.74, 6) is 0.632. The summed E-state index contributed by atoms with van der Waals surface area (Å²) in [5.41, 5.74) is 7.15. The average Bonchev–Trinajstić information content (AvgIpc) is 3.53. The molecule has 0 bridgehead atoms. The van der Waals surface area contributed by atoms with Gasteiger partial charge < -0.3 is 4.57 Å². The molecule has 41 heavy (non-hydrogen) atoms. The van der Waals surface area contributed by atoms with Crippen LogP contribution in [0.5, 0.6) is 0 Å². The van der Waals surface area contributed by atoms with Crippen molar-refractivity contribution in [2.75, 3.05) is 0 Å². The Kier molecular flexibility index (Phi) is 4.63. The zero-order valence-corrected chi connectivity index (χ0v) is 22.5. The van der Waals surface area contributed by atoms with Gasteiger partial charge in [0.15, 0.2) is 11.0 Å². The molecule has 0 aliphatic heterocycles. The second-order valence-electron chi connectivity index (χ2n) is 10.4. The summed E-state index contributed by atoms with van der Waals surface area (Å²) < 4.78 is 4.51. The van der Waals surface area contributed by atoms with Crippen LogP contribution in [0.3, 0.4) is 0 Å². The fourth-order valence-corrected chi connectivity index (χ4v) is 6.67. The normalized spacial score (nSPS) is 12.0. The molecule has 0 N–H and O–H groups in total. The van der Waals surface area contributed by atoms with Crippen LogP contribution in [0.2, 0.25) is 5.15 Å². The van der Waals surface area contributed by atoms with Crippen molar-refractivity contribution in [2.45, 2.75) is 0 Å².